The molecule has 0 saturated heterocycles. The van der Waals surface area contributed by atoms with Crippen LogP contribution in [-0.2, 0) is 6.42 Å². The van der Waals surface area contributed by atoms with Crippen LogP contribution in [0.1, 0.15) is 30.0 Å². The molecule has 4 heteroatoms. The van der Waals surface area contributed by atoms with Gasteiger partial charge in [0.05, 0.1) is 5.69 Å². The molecule has 0 atom stereocenters. The number of carbonyl (C=O) groups is 1. The Kier molecular flexibility index (Phi) is 3.55. The number of halogens is 1. The minimum atomic E-state index is -0.285. The predicted octanol–water partition coefficient (Wildman–Crippen LogP) is 3.02. The maximum Gasteiger partial charge on any atom is 0.170 e. The summed E-state index contributed by atoms with van der Waals surface area (Å²) < 4.78 is 14.6. The second-order valence-corrected chi connectivity index (χ2v) is 4.66. The van der Waals surface area contributed by atoms with E-state index in [0.717, 1.165) is 24.1 Å². The van der Waals surface area contributed by atoms with Crippen molar-refractivity contribution in [3.63, 3.8) is 0 Å². The van der Waals surface area contributed by atoms with Crippen LogP contribution < -0.4 is 0 Å². The van der Waals surface area contributed by atoms with Crippen LogP contribution in [0.3, 0.4) is 0 Å². The van der Waals surface area contributed by atoms with E-state index < -0.39 is 0 Å². The lowest BCUT2D eigenvalue weighted by Crippen LogP contribution is -2.05. The molecule has 0 aliphatic heterocycles. The molecular formula is C14H15FN2O. The second kappa shape index (κ2) is 5.12. The van der Waals surface area contributed by atoms with Crippen molar-refractivity contribution in [1.29, 1.82) is 0 Å². The quantitative estimate of drug-likeness (QED) is 0.777. The van der Waals surface area contributed by atoms with Gasteiger partial charge in [-0.05, 0) is 42.7 Å². The second-order valence-electron chi connectivity index (χ2n) is 4.66. The van der Waals surface area contributed by atoms with E-state index in [1.165, 1.54) is 12.1 Å². The SMILES string of the molecule is CC(C)Cc1cc(C=O)nn1-c1ccc(F)cc1. The molecule has 1 aromatic carbocycles. The lowest BCUT2D eigenvalue weighted by Gasteiger charge is -2.09. The van der Waals surface area contributed by atoms with Crippen LogP contribution in [0.25, 0.3) is 5.69 Å². The first-order chi connectivity index (χ1) is 8.60. The van der Waals surface area contributed by atoms with E-state index in [0.29, 0.717) is 11.6 Å². The number of aldehydes is 1. The maximum absolute atomic E-state index is 12.9. The van der Waals surface area contributed by atoms with Gasteiger partial charge in [0, 0.05) is 5.69 Å². The van der Waals surface area contributed by atoms with Gasteiger partial charge in [0.2, 0.25) is 0 Å². The van der Waals surface area contributed by atoms with E-state index in [1.54, 1.807) is 22.9 Å². The Morgan fingerprint density at radius 1 is 1.33 bits per heavy atom. The third-order valence-corrected chi connectivity index (χ3v) is 2.61. The monoisotopic (exact) mass is 246 g/mol. The van der Waals surface area contributed by atoms with E-state index in [2.05, 4.69) is 18.9 Å². The van der Waals surface area contributed by atoms with Crippen LogP contribution in [-0.4, -0.2) is 16.1 Å². The van der Waals surface area contributed by atoms with Gasteiger partial charge in [-0.1, -0.05) is 13.8 Å². The average molecular weight is 246 g/mol. The fraction of sp³-hybridized carbons (Fsp3) is 0.286. The third-order valence-electron chi connectivity index (χ3n) is 2.61. The summed E-state index contributed by atoms with van der Waals surface area (Å²) in [4.78, 5) is 10.8. The van der Waals surface area contributed by atoms with Crippen LogP contribution in [0, 0.1) is 11.7 Å². The van der Waals surface area contributed by atoms with Crippen molar-refractivity contribution >= 4 is 6.29 Å². The summed E-state index contributed by atoms with van der Waals surface area (Å²) in [6, 6.07) is 7.85. The zero-order chi connectivity index (χ0) is 13.1. The smallest absolute Gasteiger partial charge is 0.170 e. The van der Waals surface area contributed by atoms with Gasteiger partial charge in [-0.25, -0.2) is 9.07 Å². The molecule has 0 aliphatic carbocycles. The number of rotatable bonds is 4. The lowest BCUT2D eigenvalue weighted by atomic mass is 10.1. The number of aromatic nitrogens is 2. The zero-order valence-corrected chi connectivity index (χ0v) is 10.4. The lowest BCUT2D eigenvalue weighted by molar-refractivity contribution is 0.111. The first-order valence-corrected chi connectivity index (χ1v) is 5.90. The summed E-state index contributed by atoms with van der Waals surface area (Å²) in [5.41, 5.74) is 2.12. The summed E-state index contributed by atoms with van der Waals surface area (Å²) in [6.07, 6.45) is 1.54. The first-order valence-electron chi connectivity index (χ1n) is 5.90. The normalized spacial score (nSPS) is 10.9. The van der Waals surface area contributed by atoms with E-state index >= 15 is 0 Å². The molecule has 2 rings (SSSR count). The fourth-order valence-electron chi connectivity index (χ4n) is 1.87. The summed E-state index contributed by atoms with van der Waals surface area (Å²) in [7, 11) is 0. The van der Waals surface area contributed by atoms with E-state index in [9.17, 15) is 9.18 Å². The molecule has 1 heterocycles. The first kappa shape index (κ1) is 12.5. The van der Waals surface area contributed by atoms with E-state index in [-0.39, 0.29) is 5.82 Å². The highest BCUT2D eigenvalue weighted by atomic mass is 19.1. The molecule has 0 saturated carbocycles. The average Bonchev–Trinajstić information content (AvgIpc) is 2.72. The minimum Gasteiger partial charge on any atom is -0.296 e. The molecule has 1 aromatic heterocycles. The van der Waals surface area contributed by atoms with Crippen molar-refractivity contribution in [3.8, 4) is 5.69 Å². The fourth-order valence-corrected chi connectivity index (χ4v) is 1.87. The van der Waals surface area contributed by atoms with E-state index in [1.807, 2.05) is 0 Å². The molecule has 0 aliphatic rings. The van der Waals surface area contributed by atoms with Crippen molar-refractivity contribution < 1.29 is 9.18 Å². The number of hydrogen-bond donors (Lipinski definition) is 0. The van der Waals surface area contributed by atoms with Crippen molar-refractivity contribution in [2.45, 2.75) is 20.3 Å². The Morgan fingerprint density at radius 3 is 2.56 bits per heavy atom. The van der Waals surface area contributed by atoms with Gasteiger partial charge in [-0.2, -0.15) is 5.10 Å². The Bertz CT molecular complexity index is 543. The molecule has 0 N–H and O–H groups in total. The van der Waals surface area contributed by atoms with Crippen molar-refractivity contribution in [3.05, 3.63) is 47.5 Å². The molecule has 0 fully saturated rings. The van der Waals surface area contributed by atoms with Crippen LogP contribution in [0.2, 0.25) is 0 Å². The largest absolute Gasteiger partial charge is 0.296 e. The summed E-state index contributed by atoms with van der Waals surface area (Å²) in [5, 5.41) is 4.21. The van der Waals surface area contributed by atoms with Gasteiger partial charge in [0.15, 0.2) is 6.29 Å². The van der Waals surface area contributed by atoms with Gasteiger partial charge in [0.1, 0.15) is 11.5 Å². The maximum atomic E-state index is 12.9. The highest BCUT2D eigenvalue weighted by Crippen LogP contribution is 2.16. The van der Waals surface area contributed by atoms with Crippen molar-refractivity contribution in [2.75, 3.05) is 0 Å². The Labute approximate surface area is 105 Å². The topological polar surface area (TPSA) is 34.9 Å². The molecule has 0 bridgehead atoms. The Morgan fingerprint density at radius 2 is 2.00 bits per heavy atom. The van der Waals surface area contributed by atoms with Crippen LogP contribution in [0.4, 0.5) is 4.39 Å². The minimum absolute atomic E-state index is 0.285. The Hall–Kier alpha value is -1.97. The van der Waals surface area contributed by atoms with Gasteiger partial charge in [-0.15, -0.1) is 0 Å². The molecule has 0 unspecified atom stereocenters. The molecule has 2 aromatic rings. The number of carbonyl (C=O) groups excluding carboxylic acids is 1. The van der Waals surface area contributed by atoms with Crippen molar-refractivity contribution in [1.82, 2.24) is 9.78 Å². The zero-order valence-electron chi connectivity index (χ0n) is 10.4. The van der Waals surface area contributed by atoms with Gasteiger partial charge >= 0.3 is 0 Å². The summed E-state index contributed by atoms with van der Waals surface area (Å²) in [6.45, 7) is 4.20. The summed E-state index contributed by atoms with van der Waals surface area (Å²) >= 11 is 0. The molecular weight excluding hydrogens is 231 g/mol. The molecule has 94 valence electrons. The van der Waals surface area contributed by atoms with Crippen LogP contribution in [0.5, 0.6) is 0 Å². The van der Waals surface area contributed by atoms with Crippen LogP contribution in [0.15, 0.2) is 30.3 Å². The number of nitrogens with zero attached hydrogens (tertiary/aromatic N) is 2. The predicted molar refractivity (Wildman–Crippen MR) is 67.5 cm³/mol. The standard InChI is InChI=1S/C14H15FN2O/c1-10(2)7-14-8-12(9-18)16-17(14)13-5-3-11(15)4-6-13/h3-6,8-10H,7H2,1-2H3. The summed E-state index contributed by atoms with van der Waals surface area (Å²) in [5.74, 6) is 0.173. The molecule has 0 spiro atoms. The van der Waals surface area contributed by atoms with Gasteiger partial charge in [-0.3, -0.25) is 4.79 Å². The van der Waals surface area contributed by atoms with Gasteiger partial charge in [0.25, 0.3) is 0 Å². The Balaban J connectivity index is 2.44. The number of benzene rings is 1. The van der Waals surface area contributed by atoms with Crippen molar-refractivity contribution in [2.24, 2.45) is 5.92 Å². The molecule has 3 nitrogen and oxygen atoms in total. The van der Waals surface area contributed by atoms with Crippen LogP contribution >= 0.6 is 0 Å². The highest BCUT2D eigenvalue weighted by molar-refractivity contribution is 5.72. The van der Waals surface area contributed by atoms with E-state index in [4.69, 9.17) is 0 Å². The highest BCUT2D eigenvalue weighted by Gasteiger charge is 2.10. The third kappa shape index (κ3) is 2.64. The molecule has 18 heavy (non-hydrogen) atoms. The molecule has 0 amide bonds. The number of hydrogen-bond acceptors (Lipinski definition) is 2. The molecule has 0 radical (unpaired) electrons. The van der Waals surface area contributed by atoms with Gasteiger partial charge < -0.3 is 0 Å².